The highest BCUT2D eigenvalue weighted by Crippen LogP contribution is 2.28. The van der Waals surface area contributed by atoms with E-state index in [1.54, 1.807) is 0 Å². The second kappa shape index (κ2) is 6.39. The van der Waals surface area contributed by atoms with E-state index in [2.05, 4.69) is 29.2 Å². The molecule has 1 aliphatic rings. The lowest BCUT2D eigenvalue weighted by atomic mass is 10.1. The number of nitrogens with one attached hydrogen (secondary N) is 1. The van der Waals surface area contributed by atoms with Gasteiger partial charge in [0.2, 0.25) is 0 Å². The van der Waals surface area contributed by atoms with Crippen molar-refractivity contribution in [1.29, 1.82) is 0 Å². The first kappa shape index (κ1) is 14.3. The minimum absolute atomic E-state index is 0.288. The summed E-state index contributed by atoms with van der Waals surface area (Å²) in [5.41, 5.74) is 2.41. The van der Waals surface area contributed by atoms with E-state index in [0.29, 0.717) is 5.92 Å². The standard InChI is InChI=1S/C14H26N4O/c1-4-6-15-8-13-11(2)16-17(3)14(13)18-7-5-12(9-18)10-19/h12,15,19H,4-10H2,1-3H3. The highest BCUT2D eigenvalue weighted by molar-refractivity contribution is 5.51. The highest BCUT2D eigenvalue weighted by Gasteiger charge is 2.26. The SMILES string of the molecule is CCCNCc1c(C)nn(C)c1N1CCC(CO)C1. The summed E-state index contributed by atoms with van der Waals surface area (Å²) in [5, 5.41) is 17.3. The molecule has 5 heteroatoms. The third-order valence-corrected chi connectivity index (χ3v) is 3.89. The van der Waals surface area contributed by atoms with Crippen LogP contribution < -0.4 is 10.2 Å². The number of anilines is 1. The third kappa shape index (κ3) is 3.09. The number of rotatable bonds is 6. The molecule has 0 spiro atoms. The molecule has 1 aromatic heterocycles. The Labute approximate surface area is 115 Å². The summed E-state index contributed by atoms with van der Waals surface area (Å²) in [5.74, 6) is 1.63. The number of hydrogen-bond acceptors (Lipinski definition) is 4. The molecule has 0 amide bonds. The lowest BCUT2D eigenvalue weighted by Crippen LogP contribution is -2.25. The Kier molecular flexibility index (Phi) is 4.82. The van der Waals surface area contributed by atoms with Crippen LogP contribution in [0, 0.1) is 12.8 Å². The summed E-state index contributed by atoms with van der Waals surface area (Å²) in [7, 11) is 2.01. The summed E-state index contributed by atoms with van der Waals surface area (Å²) >= 11 is 0. The number of aromatic nitrogens is 2. The lowest BCUT2D eigenvalue weighted by Gasteiger charge is -2.20. The molecule has 1 atom stereocenters. The fourth-order valence-electron chi connectivity index (χ4n) is 2.86. The molecular formula is C14H26N4O. The van der Waals surface area contributed by atoms with E-state index in [-0.39, 0.29) is 6.61 Å². The van der Waals surface area contributed by atoms with E-state index in [1.807, 2.05) is 11.7 Å². The smallest absolute Gasteiger partial charge is 0.131 e. The molecule has 108 valence electrons. The second-order valence-electron chi connectivity index (χ2n) is 5.47. The van der Waals surface area contributed by atoms with Crippen molar-refractivity contribution >= 4 is 5.82 Å². The van der Waals surface area contributed by atoms with Crippen LogP contribution in [0.3, 0.4) is 0 Å². The predicted octanol–water partition coefficient (Wildman–Crippen LogP) is 1.05. The Bertz CT molecular complexity index is 416. The fraction of sp³-hybridized carbons (Fsp3) is 0.786. The number of aliphatic hydroxyl groups excluding tert-OH is 1. The first-order valence-corrected chi connectivity index (χ1v) is 7.26. The van der Waals surface area contributed by atoms with Crippen molar-refractivity contribution in [3.8, 4) is 0 Å². The Hall–Kier alpha value is -1.07. The van der Waals surface area contributed by atoms with Gasteiger partial charge in [0.25, 0.3) is 0 Å². The molecule has 0 aromatic carbocycles. The average Bonchev–Trinajstić information content (AvgIpc) is 2.95. The normalized spacial score (nSPS) is 19.4. The summed E-state index contributed by atoms with van der Waals surface area (Å²) in [6.07, 6.45) is 2.22. The fourth-order valence-corrected chi connectivity index (χ4v) is 2.86. The van der Waals surface area contributed by atoms with Gasteiger partial charge in [0.05, 0.1) is 5.69 Å². The number of aryl methyl sites for hydroxylation is 2. The maximum atomic E-state index is 9.29. The monoisotopic (exact) mass is 266 g/mol. The van der Waals surface area contributed by atoms with Crippen LogP contribution in [0.15, 0.2) is 0 Å². The molecule has 1 aromatic rings. The van der Waals surface area contributed by atoms with E-state index in [9.17, 15) is 5.11 Å². The topological polar surface area (TPSA) is 53.3 Å². The van der Waals surface area contributed by atoms with E-state index < -0.39 is 0 Å². The van der Waals surface area contributed by atoms with Crippen LogP contribution >= 0.6 is 0 Å². The van der Waals surface area contributed by atoms with Crippen LogP contribution in [0.4, 0.5) is 5.82 Å². The summed E-state index contributed by atoms with van der Waals surface area (Å²) < 4.78 is 1.98. The van der Waals surface area contributed by atoms with Gasteiger partial charge in [-0.1, -0.05) is 6.92 Å². The first-order chi connectivity index (χ1) is 9.17. The largest absolute Gasteiger partial charge is 0.396 e. The molecule has 2 N–H and O–H groups in total. The van der Waals surface area contributed by atoms with E-state index in [4.69, 9.17) is 0 Å². The maximum Gasteiger partial charge on any atom is 0.131 e. The molecule has 0 saturated carbocycles. The van der Waals surface area contributed by atoms with Gasteiger partial charge in [-0.05, 0) is 26.3 Å². The van der Waals surface area contributed by atoms with Crippen molar-refractivity contribution in [1.82, 2.24) is 15.1 Å². The summed E-state index contributed by atoms with van der Waals surface area (Å²) in [6, 6.07) is 0. The molecule has 19 heavy (non-hydrogen) atoms. The van der Waals surface area contributed by atoms with Gasteiger partial charge in [-0.15, -0.1) is 0 Å². The van der Waals surface area contributed by atoms with Crippen molar-refractivity contribution in [3.05, 3.63) is 11.3 Å². The molecule has 1 fully saturated rings. The van der Waals surface area contributed by atoms with Gasteiger partial charge in [-0.2, -0.15) is 5.10 Å². The van der Waals surface area contributed by atoms with E-state index in [1.165, 1.54) is 11.4 Å². The van der Waals surface area contributed by atoms with E-state index in [0.717, 1.165) is 44.7 Å². The first-order valence-electron chi connectivity index (χ1n) is 7.26. The van der Waals surface area contributed by atoms with Gasteiger partial charge >= 0.3 is 0 Å². The van der Waals surface area contributed by atoms with Gasteiger partial charge in [0, 0.05) is 44.8 Å². The molecule has 0 radical (unpaired) electrons. The van der Waals surface area contributed by atoms with Crippen LogP contribution in [-0.2, 0) is 13.6 Å². The van der Waals surface area contributed by atoms with Crippen molar-refractivity contribution in [3.63, 3.8) is 0 Å². The van der Waals surface area contributed by atoms with Gasteiger partial charge in [-0.25, -0.2) is 0 Å². The van der Waals surface area contributed by atoms with Gasteiger partial charge < -0.3 is 15.3 Å². The molecule has 5 nitrogen and oxygen atoms in total. The predicted molar refractivity (Wildman–Crippen MR) is 77.3 cm³/mol. The van der Waals surface area contributed by atoms with Gasteiger partial charge in [0.1, 0.15) is 5.82 Å². The highest BCUT2D eigenvalue weighted by atomic mass is 16.3. The average molecular weight is 266 g/mol. The van der Waals surface area contributed by atoms with Crippen LogP contribution in [0.5, 0.6) is 0 Å². The molecule has 2 rings (SSSR count). The van der Waals surface area contributed by atoms with Crippen LogP contribution in [-0.4, -0.2) is 41.1 Å². The zero-order valence-corrected chi connectivity index (χ0v) is 12.3. The van der Waals surface area contributed by atoms with Gasteiger partial charge in [0.15, 0.2) is 0 Å². The molecular weight excluding hydrogens is 240 g/mol. The number of aliphatic hydroxyl groups is 1. The summed E-state index contributed by atoms with van der Waals surface area (Å²) in [4.78, 5) is 2.36. The quantitative estimate of drug-likeness (QED) is 0.756. The summed E-state index contributed by atoms with van der Waals surface area (Å²) in [6.45, 7) is 8.41. The maximum absolute atomic E-state index is 9.29. The van der Waals surface area contributed by atoms with E-state index >= 15 is 0 Å². The zero-order valence-electron chi connectivity index (χ0n) is 12.3. The number of nitrogens with zero attached hydrogens (tertiary/aromatic N) is 3. The van der Waals surface area contributed by atoms with Crippen molar-refractivity contribution < 1.29 is 5.11 Å². The van der Waals surface area contributed by atoms with Crippen molar-refractivity contribution in [2.75, 3.05) is 31.1 Å². The minimum atomic E-state index is 0.288. The lowest BCUT2D eigenvalue weighted by molar-refractivity contribution is 0.238. The van der Waals surface area contributed by atoms with Crippen molar-refractivity contribution in [2.24, 2.45) is 13.0 Å². The molecule has 0 bridgehead atoms. The Balaban J connectivity index is 2.14. The Morgan fingerprint density at radius 3 is 2.89 bits per heavy atom. The molecule has 1 unspecified atom stereocenters. The Morgan fingerprint density at radius 2 is 2.26 bits per heavy atom. The minimum Gasteiger partial charge on any atom is -0.396 e. The second-order valence-corrected chi connectivity index (χ2v) is 5.47. The van der Waals surface area contributed by atoms with Gasteiger partial charge in [-0.3, -0.25) is 4.68 Å². The Morgan fingerprint density at radius 1 is 1.47 bits per heavy atom. The third-order valence-electron chi connectivity index (χ3n) is 3.89. The molecule has 1 saturated heterocycles. The van der Waals surface area contributed by atoms with Crippen LogP contribution in [0.1, 0.15) is 31.0 Å². The van der Waals surface area contributed by atoms with Crippen molar-refractivity contribution in [2.45, 2.75) is 33.2 Å². The van der Waals surface area contributed by atoms with Crippen LogP contribution in [0.2, 0.25) is 0 Å². The molecule has 0 aliphatic carbocycles. The zero-order chi connectivity index (χ0) is 13.8. The molecule has 1 aliphatic heterocycles. The van der Waals surface area contributed by atoms with Crippen LogP contribution in [0.25, 0.3) is 0 Å². The number of hydrogen-bond donors (Lipinski definition) is 2. The molecule has 2 heterocycles.